The van der Waals surface area contributed by atoms with Crippen LogP contribution in [0.1, 0.15) is 52.6 Å². The largest absolute Gasteiger partial charge is 0.507 e. The van der Waals surface area contributed by atoms with E-state index in [0.29, 0.717) is 28.3 Å². The molecule has 1 aromatic heterocycles. The molecule has 2 aromatic carbocycles. The first-order chi connectivity index (χ1) is 17.6. The van der Waals surface area contributed by atoms with Gasteiger partial charge in [-0.3, -0.25) is 19.5 Å². The summed E-state index contributed by atoms with van der Waals surface area (Å²) < 4.78 is 10.8. The molecule has 1 aliphatic rings. The van der Waals surface area contributed by atoms with E-state index in [1.54, 1.807) is 56.4 Å². The standard InChI is InChI=1S/C29H28N2O6/c1-16(2)37-29(35)19-9-11-20(12-10-19)31-24(22-8-6-7-13-30-22)23(26(33)28(31)34)25(32)21-15-17(3)14-18(4)27(21)36-5/h6-16,24,32H,1-5H3/b25-23+. The van der Waals surface area contributed by atoms with Crippen molar-refractivity contribution in [1.29, 1.82) is 0 Å². The van der Waals surface area contributed by atoms with Gasteiger partial charge in [-0.05, 0) is 81.3 Å². The van der Waals surface area contributed by atoms with Gasteiger partial charge in [0.15, 0.2) is 0 Å². The lowest BCUT2D eigenvalue weighted by atomic mass is 9.95. The molecule has 8 nitrogen and oxygen atoms in total. The molecule has 0 radical (unpaired) electrons. The van der Waals surface area contributed by atoms with Crippen molar-refractivity contribution < 1.29 is 29.0 Å². The molecule has 1 unspecified atom stereocenters. The predicted molar refractivity (Wildman–Crippen MR) is 138 cm³/mol. The first-order valence-corrected chi connectivity index (χ1v) is 11.8. The summed E-state index contributed by atoms with van der Waals surface area (Å²) in [6.45, 7) is 7.21. The lowest BCUT2D eigenvalue weighted by Crippen LogP contribution is -2.29. The molecular weight excluding hydrogens is 472 g/mol. The summed E-state index contributed by atoms with van der Waals surface area (Å²) in [5.41, 5.74) is 2.91. The average molecular weight is 501 g/mol. The molecule has 1 aliphatic heterocycles. The molecule has 1 fully saturated rings. The Hall–Kier alpha value is -4.46. The van der Waals surface area contributed by atoms with Crippen LogP contribution in [0.4, 0.5) is 5.69 Å². The van der Waals surface area contributed by atoms with Crippen LogP contribution in [-0.2, 0) is 14.3 Å². The van der Waals surface area contributed by atoms with Crippen LogP contribution in [0.15, 0.2) is 66.4 Å². The van der Waals surface area contributed by atoms with Crippen LogP contribution in [0.2, 0.25) is 0 Å². The minimum atomic E-state index is -1.000. The Labute approximate surface area is 215 Å². The average Bonchev–Trinajstić information content (AvgIpc) is 3.13. The summed E-state index contributed by atoms with van der Waals surface area (Å²) in [7, 11) is 1.48. The highest BCUT2D eigenvalue weighted by atomic mass is 16.5. The number of amides is 1. The van der Waals surface area contributed by atoms with E-state index in [-0.39, 0.29) is 17.4 Å². The molecule has 2 heterocycles. The molecule has 190 valence electrons. The zero-order valence-corrected chi connectivity index (χ0v) is 21.3. The van der Waals surface area contributed by atoms with Gasteiger partial charge in [0, 0.05) is 11.9 Å². The van der Waals surface area contributed by atoms with Crippen molar-refractivity contribution in [2.75, 3.05) is 12.0 Å². The fraction of sp³-hybridized carbons (Fsp3) is 0.241. The van der Waals surface area contributed by atoms with Gasteiger partial charge in [0.2, 0.25) is 0 Å². The van der Waals surface area contributed by atoms with Crippen molar-refractivity contribution in [2.24, 2.45) is 0 Å². The number of aromatic nitrogens is 1. The molecule has 37 heavy (non-hydrogen) atoms. The van der Waals surface area contributed by atoms with Crippen LogP contribution in [0, 0.1) is 13.8 Å². The molecular formula is C29H28N2O6. The number of nitrogens with zero attached hydrogens (tertiary/aromatic N) is 2. The highest BCUT2D eigenvalue weighted by molar-refractivity contribution is 6.51. The van der Waals surface area contributed by atoms with E-state index in [4.69, 9.17) is 9.47 Å². The molecule has 0 saturated carbocycles. The molecule has 1 N–H and O–H groups in total. The summed E-state index contributed by atoms with van der Waals surface area (Å²) in [5, 5.41) is 11.5. The fourth-order valence-corrected chi connectivity index (χ4v) is 4.50. The number of anilines is 1. The SMILES string of the molecule is COc1c(C)cc(C)cc1/C(O)=C1\C(=O)C(=O)N(c2ccc(C(=O)OC(C)C)cc2)C1c1ccccn1. The monoisotopic (exact) mass is 500 g/mol. The minimum Gasteiger partial charge on any atom is -0.507 e. The maximum atomic E-state index is 13.4. The summed E-state index contributed by atoms with van der Waals surface area (Å²) in [4.78, 5) is 44.7. The summed E-state index contributed by atoms with van der Waals surface area (Å²) in [6, 6.07) is 13.9. The second kappa shape index (κ2) is 10.3. The molecule has 0 spiro atoms. The van der Waals surface area contributed by atoms with Crippen molar-refractivity contribution in [3.05, 3.63) is 94.3 Å². The van der Waals surface area contributed by atoms with Crippen molar-refractivity contribution in [3.8, 4) is 5.75 Å². The number of hydrogen-bond donors (Lipinski definition) is 1. The molecule has 8 heteroatoms. The first-order valence-electron chi connectivity index (χ1n) is 11.8. The number of aliphatic hydroxyl groups is 1. The third-order valence-corrected chi connectivity index (χ3v) is 6.01. The molecule has 1 amide bonds. The number of rotatable bonds is 6. The first kappa shape index (κ1) is 25.6. The number of Topliss-reactive ketones (excluding diaryl/α,β-unsaturated/α-hetero) is 1. The van der Waals surface area contributed by atoms with E-state index >= 15 is 0 Å². The molecule has 3 aromatic rings. The van der Waals surface area contributed by atoms with Crippen molar-refractivity contribution in [2.45, 2.75) is 39.8 Å². The van der Waals surface area contributed by atoms with Crippen LogP contribution in [-0.4, -0.2) is 41.0 Å². The van der Waals surface area contributed by atoms with Gasteiger partial charge in [0.05, 0.1) is 35.6 Å². The lowest BCUT2D eigenvalue weighted by Gasteiger charge is -2.25. The van der Waals surface area contributed by atoms with E-state index in [0.717, 1.165) is 11.1 Å². The number of aryl methyl sites for hydroxylation is 2. The minimum absolute atomic E-state index is 0.102. The second-order valence-electron chi connectivity index (χ2n) is 9.09. The molecule has 4 rings (SSSR count). The number of carbonyl (C=O) groups is 3. The fourth-order valence-electron chi connectivity index (χ4n) is 4.50. The van der Waals surface area contributed by atoms with Gasteiger partial charge in [-0.2, -0.15) is 0 Å². The van der Waals surface area contributed by atoms with E-state index in [1.807, 2.05) is 19.9 Å². The molecule has 0 bridgehead atoms. The maximum absolute atomic E-state index is 13.4. The number of ether oxygens (including phenoxy) is 2. The Balaban J connectivity index is 1.88. The smallest absolute Gasteiger partial charge is 0.338 e. The third kappa shape index (κ3) is 4.82. The van der Waals surface area contributed by atoms with Gasteiger partial charge in [0.25, 0.3) is 11.7 Å². The quantitative estimate of drug-likeness (QED) is 0.222. The van der Waals surface area contributed by atoms with Crippen LogP contribution in [0.25, 0.3) is 5.76 Å². The molecule has 1 saturated heterocycles. The summed E-state index contributed by atoms with van der Waals surface area (Å²) in [6.07, 6.45) is 1.27. The Kier molecular flexibility index (Phi) is 7.11. The maximum Gasteiger partial charge on any atom is 0.338 e. The summed E-state index contributed by atoms with van der Waals surface area (Å²) in [5.74, 6) is -2.11. The highest BCUT2D eigenvalue weighted by Gasteiger charge is 2.48. The Morgan fingerprint density at radius 2 is 1.76 bits per heavy atom. The molecule has 1 atom stereocenters. The Morgan fingerprint density at radius 1 is 1.05 bits per heavy atom. The van der Waals surface area contributed by atoms with E-state index in [9.17, 15) is 19.5 Å². The number of benzene rings is 2. The van der Waals surface area contributed by atoms with Crippen molar-refractivity contribution in [1.82, 2.24) is 4.98 Å². The van der Waals surface area contributed by atoms with Crippen molar-refractivity contribution in [3.63, 3.8) is 0 Å². The van der Waals surface area contributed by atoms with Gasteiger partial charge in [0.1, 0.15) is 17.6 Å². The zero-order valence-electron chi connectivity index (χ0n) is 21.3. The van der Waals surface area contributed by atoms with Gasteiger partial charge < -0.3 is 14.6 Å². The molecule has 0 aliphatic carbocycles. The van der Waals surface area contributed by atoms with Crippen LogP contribution in [0.5, 0.6) is 5.75 Å². The number of ketones is 1. The predicted octanol–water partition coefficient (Wildman–Crippen LogP) is 4.90. The van der Waals surface area contributed by atoms with Crippen LogP contribution >= 0.6 is 0 Å². The Morgan fingerprint density at radius 3 is 2.35 bits per heavy atom. The number of aliphatic hydroxyl groups excluding tert-OH is 1. The number of hydrogen-bond acceptors (Lipinski definition) is 7. The normalized spacial score (nSPS) is 16.8. The van der Waals surface area contributed by atoms with Gasteiger partial charge >= 0.3 is 5.97 Å². The zero-order chi connectivity index (χ0) is 26.9. The van der Waals surface area contributed by atoms with Gasteiger partial charge in [-0.15, -0.1) is 0 Å². The summed E-state index contributed by atoms with van der Waals surface area (Å²) >= 11 is 0. The van der Waals surface area contributed by atoms with Crippen LogP contribution < -0.4 is 9.64 Å². The Bertz CT molecular complexity index is 1390. The number of esters is 1. The highest BCUT2D eigenvalue weighted by Crippen LogP contribution is 2.43. The van der Waals surface area contributed by atoms with Gasteiger partial charge in [-0.1, -0.05) is 12.1 Å². The van der Waals surface area contributed by atoms with Crippen LogP contribution in [0.3, 0.4) is 0 Å². The number of methoxy groups -OCH3 is 1. The lowest BCUT2D eigenvalue weighted by molar-refractivity contribution is -0.132. The van der Waals surface area contributed by atoms with Crippen molar-refractivity contribution >= 4 is 29.1 Å². The van der Waals surface area contributed by atoms with E-state index in [2.05, 4.69) is 4.98 Å². The third-order valence-electron chi connectivity index (χ3n) is 6.01. The van der Waals surface area contributed by atoms with Gasteiger partial charge in [-0.25, -0.2) is 4.79 Å². The number of pyridine rings is 1. The van der Waals surface area contributed by atoms with E-state index < -0.39 is 23.7 Å². The van der Waals surface area contributed by atoms with E-state index in [1.165, 1.54) is 24.1 Å². The topological polar surface area (TPSA) is 106 Å². The number of carbonyl (C=O) groups excluding carboxylic acids is 3. The second-order valence-corrected chi connectivity index (χ2v) is 9.09.